The first-order valence-corrected chi connectivity index (χ1v) is 8.81. The molecule has 1 saturated carbocycles. The van der Waals surface area contributed by atoms with Crippen LogP contribution in [0.15, 0.2) is 41.4 Å². The second-order valence-electron chi connectivity index (χ2n) is 6.26. The van der Waals surface area contributed by atoms with Crippen LogP contribution >= 0.6 is 47.2 Å². The molecule has 0 aliphatic heterocycles. The molecule has 0 amide bonds. The van der Waals surface area contributed by atoms with Crippen molar-refractivity contribution in [2.24, 2.45) is 12.0 Å². The van der Waals surface area contributed by atoms with Crippen LogP contribution in [0.5, 0.6) is 0 Å². The van der Waals surface area contributed by atoms with Gasteiger partial charge in [0.15, 0.2) is 5.96 Å². The number of rotatable bonds is 5. The molecule has 0 spiro atoms. The van der Waals surface area contributed by atoms with Crippen molar-refractivity contribution in [3.63, 3.8) is 0 Å². The van der Waals surface area contributed by atoms with Gasteiger partial charge in [0.25, 0.3) is 0 Å². The average Bonchev–Trinajstić information content (AvgIpc) is 3.36. The van der Waals surface area contributed by atoms with E-state index in [-0.39, 0.29) is 29.4 Å². The maximum absolute atomic E-state index is 6.10. The van der Waals surface area contributed by atoms with Gasteiger partial charge in [-0.3, -0.25) is 4.99 Å². The Morgan fingerprint density at radius 1 is 1.20 bits per heavy atom. The Kier molecular flexibility index (Phi) is 7.05. The van der Waals surface area contributed by atoms with Crippen LogP contribution in [-0.2, 0) is 19.0 Å². The molecule has 0 saturated heterocycles. The molecule has 7 heteroatoms. The van der Waals surface area contributed by atoms with E-state index in [1.165, 1.54) is 18.4 Å². The molecule has 0 unspecified atom stereocenters. The van der Waals surface area contributed by atoms with E-state index in [1.807, 2.05) is 17.7 Å². The number of hydrogen-bond acceptors (Lipinski definition) is 1. The Morgan fingerprint density at radius 2 is 1.88 bits per heavy atom. The zero-order valence-corrected chi connectivity index (χ0v) is 18.2. The van der Waals surface area contributed by atoms with Crippen molar-refractivity contribution in [1.29, 1.82) is 0 Å². The van der Waals surface area contributed by atoms with Gasteiger partial charge < -0.3 is 15.2 Å². The third-order valence-electron chi connectivity index (χ3n) is 4.71. The van der Waals surface area contributed by atoms with E-state index in [0.717, 1.165) is 18.2 Å². The Balaban J connectivity index is 0.00000225. The maximum atomic E-state index is 6.10. The van der Waals surface area contributed by atoms with Gasteiger partial charge in [0.05, 0.1) is 11.6 Å². The summed E-state index contributed by atoms with van der Waals surface area (Å²) in [5.74, 6) is 0.783. The Hall–Kier alpha value is -0.920. The van der Waals surface area contributed by atoms with Crippen LogP contribution in [0, 0.1) is 0 Å². The predicted molar refractivity (Wildman–Crippen MR) is 116 cm³/mol. The molecule has 1 aliphatic carbocycles. The van der Waals surface area contributed by atoms with E-state index in [4.69, 9.17) is 23.2 Å². The molecule has 1 fully saturated rings. The number of aliphatic imine (C=N–C) groups is 1. The molecule has 0 radical (unpaired) electrons. The number of nitrogens with zero attached hydrogens (tertiary/aromatic N) is 2. The van der Waals surface area contributed by atoms with Gasteiger partial charge in [-0.1, -0.05) is 53.5 Å². The van der Waals surface area contributed by atoms with Crippen molar-refractivity contribution in [1.82, 2.24) is 15.2 Å². The number of benzene rings is 1. The average molecular weight is 493 g/mol. The van der Waals surface area contributed by atoms with Crippen LogP contribution in [0.2, 0.25) is 10.2 Å². The molecule has 1 aromatic heterocycles. The van der Waals surface area contributed by atoms with Crippen molar-refractivity contribution >= 4 is 53.1 Å². The second-order valence-corrected chi connectivity index (χ2v) is 7.02. The zero-order valence-electron chi connectivity index (χ0n) is 14.4. The molecule has 1 aromatic carbocycles. The highest BCUT2D eigenvalue weighted by Gasteiger charge is 2.43. The van der Waals surface area contributed by atoms with Gasteiger partial charge in [0, 0.05) is 31.7 Å². The third-order valence-corrected chi connectivity index (χ3v) is 5.55. The van der Waals surface area contributed by atoms with E-state index in [1.54, 1.807) is 7.05 Å². The van der Waals surface area contributed by atoms with E-state index in [9.17, 15) is 0 Å². The molecule has 2 aromatic rings. The van der Waals surface area contributed by atoms with Crippen LogP contribution in [0.3, 0.4) is 0 Å². The van der Waals surface area contributed by atoms with Crippen LogP contribution in [0.1, 0.15) is 24.1 Å². The summed E-state index contributed by atoms with van der Waals surface area (Å²) in [6, 6.07) is 12.6. The van der Waals surface area contributed by atoms with Gasteiger partial charge in [0.1, 0.15) is 5.15 Å². The Bertz CT molecular complexity index is 739. The summed E-state index contributed by atoms with van der Waals surface area (Å²) in [7, 11) is 3.68. The van der Waals surface area contributed by atoms with Crippen molar-refractivity contribution in [2.45, 2.75) is 24.8 Å². The van der Waals surface area contributed by atoms with Crippen LogP contribution < -0.4 is 10.6 Å². The SMILES string of the molecule is CN=C(NCc1cc(Cl)c(Cl)n1C)NCC1(c2ccccc2)CC1.I. The highest BCUT2D eigenvalue weighted by molar-refractivity contribution is 14.0. The van der Waals surface area contributed by atoms with Gasteiger partial charge >= 0.3 is 0 Å². The Labute approximate surface area is 176 Å². The lowest BCUT2D eigenvalue weighted by Crippen LogP contribution is -2.41. The summed E-state index contributed by atoms with van der Waals surface area (Å²) in [5.41, 5.74) is 2.65. The molecule has 1 aliphatic rings. The largest absolute Gasteiger partial charge is 0.356 e. The lowest BCUT2D eigenvalue weighted by molar-refractivity contribution is 0.642. The fourth-order valence-corrected chi connectivity index (χ4v) is 3.33. The zero-order chi connectivity index (χ0) is 17.2. The molecule has 1 heterocycles. The monoisotopic (exact) mass is 492 g/mol. The van der Waals surface area contributed by atoms with E-state index in [0.29, 0.717) is 16.7 Å². The number of aromatic nitrogens is 1. The van der Waals surface area contributed by atoms with E-state index < -0.39 is 0 Å². The van der Waals surface area contributed by atoms with Crippen LogP contribution in [0.25, 0.3) is 0 Å². The summed E-state index contributed by atoms with van der Waals surface area (Å²) < 4.78 is 1.87. The predicted octanol–water partition coefficient (Wildman–Crippen LogP) is 4.35. The third kappa shape index (κ3) is 4.63. The smallest absolute Gasteiger partial charge is 0.191 e. The van der Waals surface area contributed by atoms with Crippen molar-refractivity contribution in [2.75, 3.05) is 13.6 Å². The summed E-state index contributed by atoms with van der Waals surface area (Å²) in [6.45, 7) is 1.49. The van der Waals surface area contributed by atoms with Crippen LogP contribution in [0.4, 0.5) is 0 Å². The van der Waals surface area contributed by atoms with E-state index in [2.05, 4.69) is 46.0 Å². The first kappa shape index (κ1) is 20.4. The van der Waals surface area contributed by atoms with Crippen molar-refractivity contribution in [3.05, 3.63) is 57.8 Å². The standard InChI is InChI=1S/C18H22Cl2N4.HI/c1-21-17(22-11-14-10-15(19)16(20)24(14)2)23-12-18(8-9-18)13-6-4-3-5-7-13;/h3-7,10H,8-9,11-12H2,1-2H3,(H2,21,22,23);1H. The highest BCUT2D eigenvalue weighted by atomic mass is 127. The Morgan fingerprint density at radius 3 is 2.40 bits per heavy atom. The second kappa shape index (κ2) is 8.64. The van der Waals surface area contributed by atoms with Gasteiger partial charge in [0.2, 0.25) is 0 Å². The van der Waals surface area contributed by atoms with Crippen molar-refractivity contribution in [3.8, 4) is 0 Å². The summed E-state index contributed by atoms with van der Waals surface area (Å²) in [6.07, 6.45) is 2.42. The first-order chi connectivity index (χ1) is 11.6. The van der Waals surface area contributed by atoms with Crippen LogP contribution in [-0.4, -0.2) is 24.1 Å². The molecule has 0 atom stereocenters. The minimum Gasteiger partial charge on any atom is -0.356 e. The van der Waals surface area contributed by atoms with Gasteiger partial charge in [-0.2, -0.15) is 0 Å². The molecule has 136 valence electrons. The number of nitrogens with one attached hydrogen (secondary N) is 2. The number of guanidine groups is 1. The molecular formula is C18H23Cl2IN4. The van der Waals surface area contributed by atoms with Gasteiger partial charge in [-0.05, 0) is 24.5 Å². The number of hydrogen-bond donors (Lipinski definition) is 2. The normalized spacial score (nSPS) is 15.4. The molecule has 0 bridgehead atoms. The summed E-state index contributed by atoms with van der Waals surface area (Å²) in [4.78, 5) is 4.31. The molecule has 4 nitrogen and oxygen atoms in total. The first-order valence-electron chi connectivity index (χ1n) is 8.05. The molecule has 3 rings (SSSR count). The van der Waals surface area contributed by atoms with Crippen molar-refractivity contribution < 1.29 is 0 Å². The minimum atomic E-state index is 0. The highest BCUT2D eigenvalue weighted by Crippen LogP contribution is 2.47. The number of halogens is 3. The molecular weight excluding hydrogens is 470 g/mol. The lowest BCUT2D eigenvalue weighted by atomic mass is 9.96. The molecule has 25 heavy (non-hydrogen) atoms. The fraction of sp³-hybridized carbons (Fsp3) is 0.389. The lowest BCUT2D eigenvalue weighted by Gasteiger charge is -2.19. The van der Waals surface area contributed by atoms with Gasteiger partial charge in [-0.25, -0.2) is 0 Å². The minimum absolute atomic E-state index is 0. The quantitative estimate of drug-likeness (QED) is 0.370. The maximum Gasteiger partial charge on any atom is 0.191 e. The molecule has 2 N–H and O–H groups in total. The summed E-state index contributed by atoms with van der Waals surface area (Å²) >= 11 is 12.2. The summed E-state index contributed by atoms with van der Waals surface area (Å²) in [5, 5.41) is 7.89. The van der Waals surface area contributed by atoms with Gasteiger partial charge in [-0.15, -0.1) is 24.0 Å². The fourth-order valence-electron chi connectivity index (χ4n) is 2.92. The van der Waals surface area contributed by atoms with E-state index >= 15 is 0 Å². The topological polar surface area (TPSA) is 41.4 Å².